The third-order valence-electron chi connectivity index (χ3n) is 4.59. The molecular formula is C22H27ClO2Si. The Kier molecular flexibility index (Phi) is 6.99. The highest BCUT2D eigenvalue weighted by molar-refractivity contribution is 6.99. The third-order valence-corrected chi connectivity index (χ3v) is 10.0. The molecule has 0 aliphatic heterocycles. The molecule has 0 heterocycles. The van der Waals surface area contributed by atoms with Gasteiger partial charge in [0, 0.05) is 12.3 Å². The molecule has 1 atom stereocenters. The second kappa shape index (κ2) is 8.80. The number of hydrogen-bond donors (Lipinski definition) is 0. The van der Waals surface area contributed by atoms with Gasteiger partial charge in [-0.15, -0.1) is 11.6 Å². The molecule has 0 bridgehead atoms. The van der Waals surface area contributed by atoms with Crippen LogP contribution in [0.3, 0.4) is 0 Å². The smallest absolute Gasteiger partial charge is 0.261 e. The lowest BCUT2D eigenvalue weighted by Crippen LogP contribution is -2.67. The van der Waals surface area contributed by atoms with Gasteiger partial charge in [-0.3, -0.25) is 4.79 Å². The summed E-state index contributed by atoms with van der Waals surface area (Å²) in [5, 5.41) is 2.28. The van der Waals surface area contributed by atoms with E-state index in [0.29, 0.717) is 17.9 Å². The Labute approximate surface area is 163 Å². The van der Waals surface area contributed by atoms with Crippen LogP contribution in [0.1, 0.15) is 27.2 Å². The maximum absolute atomic E-state index is 11.1. The molecule has 2 aromatic carbocycles. The van der Waals surface area contributed by atoms with Crippen LogP contribution in [0.4, 0.5) is 0 Å². The lowest BCUT2D eigenvalue weighted by Gasteiger charge is -2.45. The van der Waals surface area contributed by atoms with E-state index in [1.807, 2.05) is 12.1 Å². The molecule has 0 amide bonds. The fourth-order valence-electron chi connectivity index (χ4n) is 3.41. The van der Waals surface area contributed by atoms with Crippen LogP contribution < -0.4 is 10.4 Å². The Morgan fingerprint density at radius 2 is 1.54 bits per heavy atom. The first kappa shape index (κ1) is 20.6. The Morgan fingerprint density at radius 1 is 1.08 bits per heavy atom. The van der Waals surface area contributed by atoms with Gasteiger partial charge in [0.05, 0.1) is 6.10 Å². The van der Waals surface area contributed by atoms with Crippen LogP contribution >= 0.6 is 11.6 Å². The van der Waals surface area contributed by atoms with Gasteiger partial charge in [-0.05, 0) is 21.0 Å². The molecule has 0 aromatic heterocycles. The van der Waals surface area contributed by atoms with Crippen molar-refractivity contribution >= 4 is 36.6 Å². The number of hydrogen-bond acceptors (Lipinski definition) is 2. The number of aldehydes is 1. The zero-order valence-corrected chi connectivity index (χ0v) is 17.5. The quantitative estimate of drug-likeness (QED) is 0.292. The number of benzene rings is 2. The molecule has 26 heavy (non-hydrogen) atoms. The summed E-state index contributed by atoms with van der Waals surface area (Å²) in [6.45, 7) is 10.5. The van der Waals surface area contributed by atoms with Crippen LogP contribution in [-0.4, -0.2) is 26.6 Å². The molecule has 2 aromatic rings. The van der Waals surface area contributed by atoms with E-state index < -0.39 is 8.32 Å². The average molecular weight is 387 g/mol. The number of alkyl halides is 1. The van der Waals surface area contributed by atoms with Crippen LogP contribution in [0.15, 0.2) is 72.8 Å². The predicted molar refractivity (Wildman–Crippen MR) is 113 cm³/mol. The molecule has 0 radical (unpaired) electrons. The lowest BCUT2D eigenvalue weighted by atomic mass is 10.2. The van der Waals surface area contributed by atoms with Gasteiger partial charge in [0.2, 0.25) is 0 Å². The molecule has 0 saturated carbocycles. The second-order valence-electron chi connectivity index (χ2n) is 7.54. The zero-order chi connectivity index (χ0) is 19.2. The fourth-order valence-corrected chi connectivity index (χ4v) is 8.37. The van der Waals surface area contributed by atoms with Crippen LogP contribution in [-0.2, 0) is 9.22 Å². The van der Waals surface area contributed by atoms with Gasteiger partial charge in [0.1, 0.15) is 6.29 Å². The van der Waals surface area contributed by atoms with Crippen molar-refractivity contribution < 1.29 is 9.22 Å². The van der Waals surface area contributed by atoms with E-state index in [2.05, 4.69) is 75.9 Å². The first-order valence-electron chi connectivity index (χ1n) is 8.83. The van der Waals surface area contributed by atoms with Crippen LogP contribution in [0.5, 0.6) is 0 Å². The summed E-state index contributed by atoms with van der Waals surface area (Å²) in [6, 6.07) is 20.8. The van der Waals surface area contributed by atoms with Crippen molar-refractivity contribution in [1.82, 2.24) is 0 Å². The summed E-state index contributed by atoms with van der Waals surface area (Å²) in [6.07, 6.45) is 0.965. The first-order chi connectivity index (χ1) is 12.3. The lowest BCUT2D eigenvalue weighted by molar-refractivity contribution is -0.105. The maximum Gasteiger partial charge on any atom is 0.261 e. The molecule has 0 fully saturated rings. The predicted octanol–water partition coefficient (Wildman–Crippen LogP) is 4.32. The second-order valence-corrected chi connectivity index (χ2v) is 12.1. The topological polar surface area (TPSA) is 26.3 Å². The van der Waals surface area contributed by atoms with E-state index in [4.69, 9.17) is 16.0 Å². The molecule has 0 aliphatic rings. The first-order valence-corrected chi connectivity index (χ1v) is 11.3. The molecule has 0 spiro atoms. The Bertz CT molecular complexity index is 683. The van der Waals surface area contributed by atoms with Crippen molar-refractivity contribution in [3.8, 4) is 0 Å². The monoisotopic (exact) mass is 386 g/mol. The molecule has 4 heteroatoms. The highest BCUT2D eigenvalue weighted by Crippen LogP contribution is 2.38. The van der Waals surface area contributed by atoms with Gasteiger partial charge in [0.25, 0.3) is 8.32 Å². The van der Waals surface area contributed by atoms with Crippen LogP contribution in [0, 0.1) is 0 Å². The summed E-state index contributed by atoms with van der Waals surface area (Å²) in [7, 11) is -2.65. The van der Waals surface area contributed by atoms with Crippen LogP contribution in [0.25, 0.3) is 0 Å². The largest absolute Gasteiger partial charge is 0.403 e. The van der Waals surface area contributed by atoms with E-state index in [1.54, 1.807) is 0 Å². The minimum atomic E-state index is -2.65. The number of rotatable bonds is 8. The summed E-state index contributed by atoms with van der Waals surface area (Å²) < 4.78 is 6.88. The average Bonchev–Trinajstić information content (AvgIpc) is 2.65. The van der Waals surface area contributed by atoms with Crippen molar-refractivity contribution in [2.24, 2.45) is 0 Å². The minimum absolute atomic E-state index is 0.122. The van der Waals surface area contributed by atoms with E-state index in [9.17, 15) is 4.79 Å². The molecular weight excluding hydrogens is 360 g/mol. The van der Waals surface area contributed by atoms with Crippen molar-refractivity contribution in [1.29, 1.82) is 0 Å². The molecule has 0 unspecified atom stereocenters. The number of carbonyl (C=O) groups excluding carboxylic acids is 1. The van der Waals surface area contributed by atoms with Crippen molar-refractivity contribution in [3.63, 3.8) is 0 Å². The van der Waals surface area contributed by atoms with Gasteiger partial charge in [0.15, 0.2) is 0 Å². The summed E-state index contributed by atoms with van der Waals surface area (Å²) >= 11 is 6.24. The zero-order valence-electron chi connectivity index (χ0n) is 15.7. The Morgan fingerprint density at radius 3 is 1.88 bits per heavy atom. The fraction of sp³-hybridized carbons (Fsp3) is 0.318. The van der Waals surface area contributed by atoms with E-state index in [-0.39, 0.29) is 11.1 Å². The van der Waals surface area contributed by atoms with E-state index in [0.717, 1.165) is 6.29 Å². The third kappa shape index (κ3) is 4.34. The van der Waals surface area contributed by atoms with Crippen molar-refractivity contribution in [2.75, 3.05) is 5.88 Å². The van der Waals surface area contributed by atoms with E-state index >= 15 is 0 Å². The Balaban J connectivity index is 2.63. The molecule has 2 rings (SSSR count). The summed E-state index contributed by atoms with van der Waals surface area (Å²) in [5.74, 6) is 0.317. The van der Waals surface area contributed by atoms with Crippen molar-refractivity contribution in [2.45, 2.75) is 38.3 Å². The normalized spacial score (nSPS) is 13.2. The van der Waals surface area contributed by atoms with Crippen LogP contribution in [0.2, 0.25) is 5.04 Å². The Hall–Kier alpha value is -1.68. The van der Waals surface area contributed by atoms with Crippen molar-refractivity contribution in [3.05, 3.63) is 72.8 Å². The highest BCUT2D eigenvalue weighted by atomic mass is 35.5. The number of carbonyl (C=O) groups is 1. The van der Waals surface area contributed by atoms with Gasteiger partial charge < -0.3 is 4.43 Å². The van der Waals surface area contributed by atoms with Gasteiger partial charge in [-0.25, -0.2) is 0 Å². The molecule has 2 nitrogen and oxygen atoms in total. The molecule has 0 N–H and O–H groups in total. The minimum Gasteiger partial charge on any atom is -0.403 e. The van der Waals surface area contributed by atoms with Gasteiger partial charge >= 0.3 is 0 Å². The van der Waals surface area contributed by atoms with E-state index in [1.165, 1.54) is 10.4 Å². The molecule has 0 aliphatic carbocycles. The highest BCUT2D eigenvalue weighted by Gasteiger charge is 2.51. The molecule has 0 saturated heterocycles. The van der Waals surface area contributed by atoms with Gasteiger partial charge in [-0.1, -0.05) is 88.0 Å². The number of halogens is 1. The maximum atomic E-state index is 11.1. The SMILES string of the molecule is C=C(C=O)C[C@@H](CCl)O[Si](c1ccccc1)(c1ccccc1)C(C)(C)C. The van der Waals surface area contributed by atoms with Gasteiger partial charge in [-0.2, -0.15) is 0 Å². The standard InChI is InChI=1S/C22H27ClO2Si/c1-18(17-24)15-19(16-23)25-26(22(2,3)4,20-11-7-5-8-12-20)21-13-9-6-10-14-21/h5-14,17,19H,1,15-16H2,2-4H3/t19-/m0/s1. The summed E-state index contributed by atoms with van der Waals surface area (Å²) in [4.78, 5) is 11.1. The summed E-state index contributed by atoms with van der Waals surface area (Å²) in [5.41, 5.74) is 0.508. The molecule has 138 valence electrons.